The Bertz CT molecular complexity index is 1300. The van der Waals surface area contributed by atoms with Crippen LogP contribution in [0.25, 0.3) is 0 Å². The molecule has 0 unspecified atom stereocenters. The number of aliphatic hydroxyl groups excluding tert-OH is 2. The first-order chi connectivity index (χ1) is 21.5. The molecule has 0 aromatic heterocycles. The highest BCUT2D eigenvalue weighted by molar-refractivity contribution is 5.93. The largest absolute Gasteiger partial charge is 0.480 e. The number of Topliss-reactive ketones (excluding diaryl/α,β-unsaturated/α-hetero) is 1. The third kappa shape index (κ3) is 6.50. The van der Waals surface area contributed by atoms with Crippen LogP contribution in [0, 0.1) is 34.5 Å². The summed E-state index contributed by atoms with van der Waals surface area (Å²) in [5.74, 6) is -4.76. The highest BCUT2D eigenvalue weighted by Crippen LogP contribution is 2.67. The molecule has 6 N–H and O–H groups in total. The molecule has 0 aromatic rings. The number of aliphatic hydroxyl groups is 3. The van der Waals surface area contributed by atoms with Crippen molar-refractivity contribution in [2.45, 2.75) is 109 Å². The van der Waals surface area contributed by atoms with Gasteiger partial charge in [0.2, 0.25) is 17.6 Å². The smallest absolute Gasteiger partial charge is 0.328 e. The van der Waals surface area contributed by atoms with Gasteiger partial charge in [0.05, 0.1) is 19.1 Å². The molecule has 4 rings (SSSR count). The third-order valence-corrected chi connectivity index (χ3v) is 11.5. The van der Waals surface area contributed by atoms with Crippen molar-refractivity contribution in [1.82, 2.24) is 10.6 Å². The summed E-state index contributed by atoms with van der Waals surface area (Å²) >= 11 is 0. The van der Waals surface area contributed by atoms with Crippen LogP contribution in [0.2, 0.25) is 0 Å². The van der Waals surface area contributed by atoms with Crippen molar-refractivity contribution in [2.75, 3.05) is 13.2 Å². The quantitative estimate of drug-likeness (QED) is 0.163. The zero-order valence-corrected chi connectivity index (χ0v) is 27.0. The molecule has 13 heteroatoms. The number of carboxylic acid groups (broad SMARTS) is 1. The Balaban J connectivity index is 1.33. The fourth-order valence-electron chi connectivity index (χ4n) is 8.93. The zero-order valence-electron chi connectivity index (χ0n) is 27.0. The van der Waals surface area contributed by atoms with Crippen LogP contribution in [-0.4, -0.2) is 92.7 Å². The molecule has 4 aliphatic carbocycles. The fraction of sp³-hybridized carbons (Fsp3) is 0.758. The lowest BCUT2D eigenvalue weighted by Gasteiger charge is -2.60. The second kappa shape index (κ2) is 13.5. The molecule has 0 spiro atoms. The molecule has 0 radical (unpaired) electrons. The summed E-state index contributed by atoms with van der Waals surface area (Å²) in [6.45, 7) is 5.71. The van der Waals surface area contributed by atoms with Crippen molar-refractivity contribution in [3.63, 3.8) is 0 Å². The lowest BCUT2D eigenvalue weighted by atomic mass is 9.45. The number of hydrogen-bond donors (Lipinski definition) is 6. The van der Waals surface area contributed by atoms with Crippen molar-refractivity contribution in [1.29, 1.82) is 0 Å². The van der Waals surface area contributed by atoms with Crippen LogP contribution in [0.5, 0.6) is 0 Å². The summed E-state index contributed by atoms with van der Waals surface area (Å²) in [6.07, 6.45) is 3.81. The predicted octanol–water partition coefficient (Wildman–Crippen LogP) is 0.815. The minimum Gasteiger partial charge on any atom is -0.480 e. The lowest BCUT2D eigenvalue weighted by Crippen LogP contribution is -2.62. The normalized spacial score (nSPS) is 34.7. The van der Waals surface area contributed by atoms with E-state index in [1.165, 1.54) is 0 Å². The maximum atomic E-state index is 13.5. The number of carbonyl (C=O) groups excluding carboxylic acids is 5. The Morgan fingerprint density at radius 2 is 1.74 bits per heavy atom. The third-order valence-electron chi connectivity index (χ3n) is 11.5. The van der Waals surface area contributed by atoms with E-state index >= 15 is 0 Å². The van der Waals surface area contributed by atoms with E-state index in [2.05, 4.69) is 17.6 Å². The number of hydrogen-bond acceptors (Lipinski definition) is 10. The molecule has 256 valence electrons. The molecule has 0 aromatic carbocycles. The summed E-state index contributed by atoms with van der Waals surface area (Å²) in [7, 11) is 0. The summed E-state index contributed by atoms with van der Waals surface area (Å²) < 4.78 is 5.18. The monoisotopic (exact) mass is 648 g/mol. The first-order valence-corrected chi connectivity index (χ1v) is 16.2. The molecule has 2 amide bonds. The molecule has 4 aliphatic rings. The number of rotatable bonds is 12. The van der Waals surface area contributed by atoms with Gasteiger partial charge < -0.3 is 35.8 Å². The molecule has 0 saturated heterocycles. The molecule has 13 nitrogen and oxygen atoms in total. The maximum absolute atomic E-state index is 13.5. The van der Waals surface area contributed by atoms with Gasteiger partial charge in [-0.15, -0.1) is 0 Å². The topological polar surface area (TPSA) is 217 Å². The van der Waals surface area contributed by atoms with Crippen molar-refractivity contribution in [2.24, 2.45) is 34.5 Å². The van der Waals surface area contributed by atoms with E-state index in [1.54, 1.807) is 19.9 Å². The molecule has 0 heterocycles. The van der Waals surface area contributed by atoms with E-state index in [0.29, 0.717) is 19.3 Å². The number of esters is 1. The summed E-state index contributed by atoms with van der Waals surface area (Å²) in [5, 5.41) is 46.2. The number of carboxylic acids is 1. The van der Waals surface area contributed by atoms with Gasteiger partial charge in [-0.2, -0.15) is 0 Å². The Morgan fingerprint density at radius 1 is 1.04 bits per heavy atom. The van der Waals surface area contributed by atoms with E-state index < -0.39 is 84.3 Å². The van der Waals surface area contributed by atoms with E-state index in [1.807, 2.05) is 6.92 Å². The van der Waals surface area contributed by atoms with Crippen LogP contribution in [0.1, 0.15) is 85.5 Å². The highest BCUT2D eigenvalue weighted by Gasteiger charge is 2.68. The van der Waals surface area contributed by atoms with Crippen molar-refractivity contribution in [3.05, 3.63) is 11.6 Å². The maximum Gasteiger partial charge on any atom is 0.328 e. The Labute approximate surface area is 268 Å². The molecular formula is C33H48N2O11. The van der Waals surface area contributed by atoms with E-state index in [9.17, 15) is 39.0 Å². The number of fused-ring (bicyclic) bond motifs is 5. The summed E-state index contributed by atoms with van der Waals surface area (Å²) in [5.41, 5.74) is -1.94. The number of carbonyl (C=O) groups is 6. The van der Waals surface area contributed by atoms with Gasteiger partial charge in [0.15, 0.2) is 12.4 Å². The van der Waals surface area contributed by atoms with Gasteiger partial charge in [-0.3, -0.25) is 24.0 Å². The molecule has 3 fully saturated rings. The second-order valence-corrected chi connectivity index (χ2v) is 14.4. The zero-order chi connectivity index (χ0) is 34.2. The van der Waals surface area contributed by atoms with Gasteiger partial charge in [-0.05, 0) is 73.7 Å². The van der Waals surface area contributed by atoms with Crippen LogP contribution in [0.4, 0.5) is 0 Å². The Morgan fingerprint density at radius 3 is 2.37 bits per heavy atom. The standard InChI is InChI=1S/C33H48N2O11/c1-17(2)28(29(42)34-22(15-36)30(43)44)35-25(40)7-8-26(41)46-16-24(39)33(45)12-10-21-20-6-5-18-13-19(37)9-11-31(18,3)27(20)23(38)14-32(21,33)4/h13,17,20-23,27-28,36,38,45H,5-12,14-16H2,1-4H3,(H,34,42)(H,35,40)(H,43,44)/t20-,21-,22+,23-,27+,28+,31-,32-,33-/m0/s1. The van der Waals surface area contributed by atoms with Gasteiger partial charge >= 0.3 is 11.9 Å². The average molecular weight is 649 g/mol. The molecular weight excluding hydrogens is 600 g/mol. The summed E-state index contributed by atoms with van der Waals surface area (Å²) in [6, 6.07) is -2.66. The minimum absolute atomic E-state index is 0.0282. The van der Waals surface area contributed by atoms with Gasteiger partial charge in [0.25, 0.3) is 0 Å². The van der Waals surface area contributed by atoms with Crippen LogP contribution in [0.15, 0.2) is 11.6 Å². The van der Waals surface area contributed by atoms with Crippen LogP contribution >= 0.6 is 0 Å². The Kier molecular flexibility index (Phi) is 10.5. The second-order valence-electron chi connectivity index (χ2n) is 14.4. The molecule has 9 atom stereocenters. The number of nitrogens with one attached hydrogen (secondary N) is 2. The van der Waals surface area contributed by atoms with E-state index in [0.717, 1.165) is 18.4 Å². The van der Waals surface area contributed by atoms with Crippen molar-refractivity contribution < 1.29 is 53.9 Å². The molecule has 46 heavy (non-hydrogen) atoms. The number of aliphatic carboxylic acids is 1. The van der Waals surface area contributed by atoms with Gasteiger partial charge in [0.1, 0.15) is 17.7 Å². The van der Waals surface area contributed by atoms with Gasteiger partial charge in [0, 0.05) is 18.3 Å². The van der Waals surface area contributed by atoms with Crippen molar-refractivity contribution in [3.8, 4) is 0 Å². The van der Waals surface area contributed by atoms with Gasteiger partial charge in [-0.1, -0.05) is 33.3 Å². The average Bonchev–Trinajstić information content (AvgIpc) is 3.26. The first kappa shape index (κ1) is 35.7. The molecule has 0 aliphatic heterocycles. The van der Waals surface area contributed by atoms with Crippen LogP contribution in [0.3, 0.4) is 0 Å². The minimum atomic E-state index is -1.80. The Hall–Kier alpha value is -3.16. The van der Waals surface area contributed by atoms with Crippen molar-refractivity contribution >= 4 is 35.3 Å². The number of ether oxygens (including phenoxy) is 1. The van der Waals surface area contributed by atoms with Crippen LogP contribution in [-0.2, 0) is 33.5 Å². The number of allylic oxidation sites excluding steroid dienone is 1. The first-order valence-electron chi connectivity index (χ1n) is 16.2. The fourth-order valence-corrected chi connectivity index (χ4v) is 8.93. The molecule has 0 bridgehead atoms. The highest BCUT2D eigenvalue weighted by atomic mass is 16.5. The van der Waals surface area contributed by atoms with Crippen LogP contribution < -0.4 is 10.6 Å². The summed E-state index contributed by atoms with van der Waals surface area (Å²) in [4.78, 5) is 74.2. The van der Waals surface area contributed by atoms with E-state index in [-0.39, 0.29) is 48.2 Å². The molecule has 3 saturated carbocycles. The lowest BCUT2D eigenvalue weighted by molar-refractivity contribution is -0.184. The predicted molar refractivity (Wildman–Crippen MR) is 162 cm³/mol. The number of amides is 2. The number of ketones is 2. The van der Waals surface area contributed by atoms with E-state index in [4.69, 9.17) is 14.9 Å². The van der Waals surface area contributed by atoms with Gasteiger partial charge in [-0.25, -0.2) is 4.79 Å². The SMILES string of the molecule is CC(C)[C@@H](NC(=O)CCC(=O)OCC(=O)[C@@]1(O)CC[C@H]2[C@@H]3CCC4=CC(=O)CC[C@]4(C)[C@H]3[C@@H](O)C[C@@]21C)C(=O)N[C@H](CO)C(=O)O.